The minimum atomic E-state index is 0.489. The Hall–Kier alpha value is 0.430. The van der Waals surface area contributed by atoms with Crippen LogP contribution in [-0.4, -0.2) is 17.0 Å². The lowest BCUT2D eigenvalue weighted by Crippen LogP contribution is -2.11. The summed E-state index contributed by atoms with van der Waals surface area (Å²) in [6.07, 6.45) is 15.9. The summed E-state index contributed by atoms with van der Waals surface area (Å²) in [5.74, 6) is 0. The Morgan fingerprint density at radius 3 is 1.29 bits per heavy atom. The molecule has 0 amide bonds. The highest BCUT2D eigenvalue weighted by molar-refractivity contribution is 7.60. The topological polar surface area (TPSA) is 0 Å². The highest BCUT2D eigenvalue weighted by atomic mass is 31.1. The van der Waals surface area contributed by atoms with Crippen molar-refractivity contribution in [2.24, 2.45) is 0 Å². The molecule has 2 saturated heterocycles. The summed E-state index contributed by atoms with van der Waals surface area (Å²) in [4.78, 5) is 0. The smallest absolute Gasteiger partial charge is 0.0204 e. The van der Waals surface area contributed by atoms with Gasteiger partial charge in [-0.15, -0.1) is 0 Å². The molecule has 1 aliphatic carbocycles. The second-order valence-corrected chi connectivity index (χ2v) is 8.64. The first-order valence-electron chi connectivity index (χ1n) is 6.72. The second-order valence-electron chi connectivity index (χ2n) is 5.55. The first kappa shape index (κ1) is 9.64. The zero-order valence-electron chi connectivity index (χ0n) is 9.25. The van der Waals surface area contributed by atoms with Gasteiger partial charge in [0.05, 0.1) is 0 Å². The van der Waals surface area contributed by atoms with Crippen LogP contribution in [0, 0.1) is 0 Å². The minimum absolute atomic E-state index is 0.489. The van der Waals surface area contributed by atoms with E-state index in [1.165, 1.54) is 17.0 Å². The third-order valence-electron chi connectivity index (χ3n) is 4.75. The van der Waals surface area contributed by atoms with E-state index in [9.17, 15) is 0 Å². The van der Waals surface area contributed by atoms with E-state index in [1.54, 1.807) is 64.2 Å². The molecule has 2 bridgehead atoms. The summed E-state index contributed by atoms with van der Waals surface area (Å²) in [5.41, 5.74) is 3.67. The van der Waals surface area contributed by atoms with Crippen LogP contribution in [0.25, 0.3) is 0 Å². The van der Waals surface area contributed by atoms with Crippen molar-refractivity contribution in [2.75, 3.05) is 0 Å². The van der Waals surface area contributed by atoms with Gasteiger partial charge in [-0.25, -0.2) is 0 Å². The first-order chi connectivity index (χ1) is 6.95. The lowest BCUT2D eigenvalue weighted by molar-refractivity contribution is 0.556. The summed E-state index contributed by atoms with van der Waals surface area (Å²) < 4.78 is 0. The maximum atomic E-state index is 1.62. The maximum Gasteiger partial charge on any atom is -0.0204 e. The Morgan fingerprint density at radius 2 is 0.857 bits per heavy atom. The molecule has 3 rings (SSSR count). The van der Waals surface area contributed by atoms with Gasteiger partial charge in [-0.1, -0.05) is 33.6 Å². The van der Waals surface area contributed by atoms with Gasteiger partial charge in [-0.05, 0) is 55.5 Å². The van der Waals surface area contributed by atoms with Crippen molar-refractivity contribution in [3.05, 3.63) is 0 Å². The van der Waals surface area contributed by atoms with E-state index < -0.39 is 0 Å². The van der Waals surface area contributed by atoms with Gasteiger partial charge in [0.25, 0.3) is 0 Å². The lowest BCUT2D eigenvalue weighted by atomic mass is 10.0. The second kappa shape index (κ2) is 4.12. The first-order valence-corrected chi connectivity index (χ1v) is 8.27. The van der Waals surface area contributed by atoms with Crippen LogP contribution in [-0.2, 0) is 0 Å². The van der Waals surface area contributed by atoms with E-state index in [1.807, 2.05) is 0 Å². The van der Waals surface area contributed by atoms with Crippen LogP contribution in [0.5, 0.6) is 0 Å². The number of fused-ring (bicyclic) bond motifs is 2. The average Bonchev–Trinajstić information content (AvgIpc) is 2.72. The minimum Gasteiger partial charge on any atom is -0.0971 e. The molecule has 0 aromatic carbocycles. The van der Waals surface area contributed by atoms with Crippen molar-refractivity contribution in [3.63, 3.8) is 0 Å². The molecule has 3 fully saturated rings. The summed E-state index contributed by atoms with van der Waals surface area (Å²) in [6.45, 7) is 0. The van der Waals surface area contributed by atoms with Gasteiger partial charge in [0.2, 0.25) is 0 Å². The quantitative estimate of drug-likeness (QED) is 0.558. The molecular formula is C13H23P. The normalized spacial score (nSPS) is 44.1. The molecule has 14 heavy (non-hydrogen) atoms. The van der Waals surface area contributed by atoms with Crippen LogP contribution >= 0.6 is 7.92 Å². The zero-order chi connectivity index (χ0) is 9.38. The molecule has 0 aromatic rings. The van der Waals surface area contributed by atoms with Gasteiger partial charge in [-0.3, -0.25) is 0 Å². The van der Waals surface area contributed by atoms with Gasteiger partial charge in [0.1, 0.15) is 0 Å². The van der Waals surface area contributed by atoms with E-state index in [-0.39, 0.29) is 0 Å². The Balaban J connectivity index is 1.75. The molecule has 2 aliphatic heterocycles. The lowest BCUT2D eigenvalue weighted by Gasteiger charge is -2.29. The molecule has 0 radical (unpaired) electrons. The molecule has 2 heterocycles. The van der Waals surface area contributed by atoms with Crippen LogP contribution in [0.1, 0.15) is 64.2 Å². The van der Waals surface area contributed by atoms with E-state index >= 15 is 0 Å². The van der Waals surface area contributed by atoms with Crippen LogP contribution in [0.15, 0.2) is 0 Å². The highest BCUT2D eigenvalue weighted by Crippen LogP contribution is 2.65. The predicted molar refractivity (Wildman–Crippen MR) is 64.5 cm³/mol. The van der Waals surface area contributed by atoms with E-state index in [2.05, 4.69) is 0 Å². The SMILES string of the molecule is C1CCC(P2C3CCCCC2CC3)C1. The molecule has 0 nitrogen and oxygen atoms in total. The number of hydrogen-bond donors (Lipinski definition) is 0. The van der Waals surface area contributed by atoms with E-state index in [4.69, 9.17) is 0 Å². The molecule has 80 valence electrons. The summed E-state index contributed by atoms with van der Waals surface area (Å²) in [6, 6.07) is 0. The molecule has 0 N–H and O–H groups in total. The molecule has 0 aromatic heterocycles. The zero-order valence-corrected chi connectivity index (χ0v) is 10.1. The van der Waals surface area contributed by atoms with Gasteiger partial charge >= 0.3 is 0 Å². The van der Waals surface area contributed by atoms with Crippen LogP contribution in [0.4, 0.5) is 0 Å². The van der Waals surface area contributed by atoms with Crippen molar-refractivity contribution in [3.8, 4) is 0 Å². The summed E-state index contributed by atoms with van der Waals surface area (Å²) >= 11 is 0. The third-order valence-corrected chi connectivity index (χ3v) is 8.83. The Labute approximate surface area is 89.6 Å². The molecule has 3 aliphatic rings. The van der Waals surface area contributed by atoms with Gasteiger partial charge in [-0.2, -0.15) is 0 Å². The van der Waals surface area contributed by atoms with Crippen molar-refractivity contribution in [2.45, 2.75) is 81.2 Å². The van der Waals surface area contributed by atoms with Gasteiger partial charge < -0.3 is 0 Å². The fourth-order valence-corrected chi connectivity index (χ4v) is 8.73. The average molecular weight is 210 g/mol. The van der Waals surface area contributed by atoms with Crippen LogP contribution < -0.4 is 0 Å². The predicted octanol–water partition coefficient (Wildman–Crippen LogP) is 4.52. The largest absolute Gasteiger partial charge is 0.0971 e. The third kappa shape index (κ3) is 1.64. The monoisotopic (exact) mass is 210 g/mol. The van der Waals surface area contributed by atoms with Crippen LogP contribution in [0.2, 0.25) is 0 Å². The maximum absolute atomic E-state index is 1.62. The van der Waals surface area contributed by atoms with E-state index in [0.717, 1.165) is 0 Å². The van der Waals surface area contributed by atoms with Crippen LogP contribution in [0.3, 0.4) is 0 Å². The molecular weight excluding hydrogens is 187 g/mol. The molecule has 2 atom stereocenters. The van der Waals surface area contributed by atoms with Crippen molar-refractivity contribution in [1.82, 2.24) is 0 Å². The van der Waals surface area contributed by atoms with E-state index in [0.29, 0.717) is 7.92 Å². The Kier molecular flexibility index (Phi) is 2.84. The van der Waals surface area contributed by atoms with Gasteiger partial charge in [0.15, 0.2) is 0 Å². The fraction of sp³-hybridized carbons (Fsp3) is 1.00. The summed E-state index contributed by atoms with van der Waals surface area (Å²) in [7, 11) is 0.489. The van der Waals surface area contributed by atoms with Crippen molar-refractivity contribution >= 4 is 7.92 Å². The van der Waals surface area contributed by atoms with Crippen molar-refractivity contribution in [1.29, 1.82) is 0 Å². The molecule has 1 heteroatoms. The Bertz CT molecular complexity index is 179. The van der Waals surface area contributed by atoms with Gasteiger partial charge in [0, 0.05) is 0 Å². The fourth-order valence-electron chi connectivity index (χ4n) is 4.13. The Morgan fingerprint density at radius 1 is 0.500 bits per heavy atom. The highest BCUT2D eigenvalue weighted by Gasteiger charge is 2.41. The number of rotatable bonds is 1. The number of hydrogen-bond acceptors (Lipinski definition) is 0. The molecule has 1 saturated carbocycles. The standard InChI is InChI=1S/C13H23P/c1-2-6-11(5-1)14-12-7-3-4-8-13(14)10-9-12/h11-13H,1-10H2. The van der Waals surface area contributed by atoms with Crippen molar-refractivity contribution < 1.29 is 0 Å². The molecule has 2 unspecified atom stereocenters. The molecule has 0 spiro atoms. The summed E-state index contributed by atoms with van der Waals surface area (Å²) in [5, 5.41) is 0.